The lowest BCUT2D eigenvalue weighted by Crippen LogP contribution is -3.00. The average molecular weight is 622 g/mol. The van der Waals surface area contributed by atoms with E-state index >= 15 is 0 Å². The number of amides is 1. The number of aliphatic hydroxyl groups is 3. The molecule has 2 aromatic carbocycles. The molecule has 37 heavy (non-hydrogen) atoms. The fraction of sp³-hybridized carbons (Fsp3) is 0.333. The zero-order valence-corrected chi connectivity index (χ0v) is 22.9. The van der Waals surface area contributed by atoms with Crippen LogP contribution in [0.3, 0.4) is 0 Å². The van der Waals surface area contributed by atoms with Crippen LogP contribution in [0.15, 0.2) is 54.6 Å². The van der Waals surface area contributed by atoms with Crippen molar-refractivity contribution in [3.63, 3.8) is 0 Å². The molecule has 0 spiro atoms. The van der Waals surface area contributed by atoms with Crippen molar-refractivity contribution in [3.05, 3.63) is 65.9 Å². The van der Waals surface area contributed by atoms with Crippen LogP contribution in [0.5, 0.6) is 11.5 Å². The molecule has 4 rings (SSSR count). The summed E-state index contributed by atoms with van der Waals surface area (Å²) in [5.41, 5.74) is 3.00. The first-order valence-corrected chi connectivity index (χ1v) is 11.6. The van der Waals surface area contributed by atoms with Gasteiger partial charge in [0.15, 0.2) is 11.5 Å². The number of aryl methyl sites for hydroxylation is 1. The summed E-state index contributed by atoms with van der Waals surface area (Å²) >= 11 is 0. The normalized spacial score (nSPS) is 23.5. The molecule has 2 heterocycles. The summed E-state index contributed by atoms with van der Waals surface area (Å²) < 4.78 is 19.2. The molecule has 1 aliphatic rings. The highest BCUT2D eigenvalue weighted by molar-refractivity contribution is 5.77. The Kier molecular flexibility index (Phi) is 9.85. The van der Waals surface area contributed by atoms with Crippen LogP contribution in [0.4, 0.5) is 0 Å². The van der Waals surface area contributed by atoms with Crippen molar-refractivity contribution in [1.82, 2.24) is 5.32 Å². The highest BCUT2D eigenvalue weighted by Gasteiger charge is 2.46. The Hall–Kier alpha value is -2.77. The van der Waals surface area contributed by atoms with E-state index in [0.717, 1.165) is 22.2 Å². The predicted octanol–water partition coefficient (Wildman–Crippen LogP) is -1.83. The van der Waals surface area contributed by atoms with E-state index in [1.807, 2.05) is 43.5 Å². The number of halogens is 1. The molecule has 0 unspecified atom stereocenters. The number of nitrogens with one attached hydrogen (secondary N) is 1. The number of carbonyl (C=O) groups excluding carboxylic acids is 1. The van der Waals surface area contributed by atoms with E-state index < -0.39 is 43.2 Å². The molecule has 9 nitrogen and oxygen atoms in total. The molecule has 0 bridgehead atoms. The lowest BCUT2D eigenvalue weighted by Gasteiger charge is -2.42. The maximum absolute atomic E-state index is 11.7. The maximum Gasteiger partial charge on any atom is 0.223 e. The number of aliphatic hydroxyl groups excluding tert-OH is 3. The molecule has 3 aromatic rings. The topological polar surface area (TPSA) is 121 Å². The molecular weight excluding hydrogens is 591 g/mol. The lowest BCUT2D eigenvalue weighted by atomic mass is 9.97. The van der Waals surface area contributed by atoms with Gasteiger partial charge >= 0.3 is 0 Å². The Morgan fingerprint density at radius 2 is 1.84 bits per heavy atom. The van der Waals surface area contributed by atoms with E-state index in [1.54, 1.807) is 12.1 Å². The summed E-state index contributed by atoms with van der Waals surface area (Å²) in [7, 11) is 3.52. The van der Waals surface area contributed by atoms with Crippen molar-refractivity contribution < 1.29 is 62.9 Å². The lowest BCUT2D eigenvalue weighted by molar-refractivity contribution is -0.646. The van der Waals surface area contributed by atoms with Crippen LogP contribution in [-0.4, -0.2) is 65.6 Å². The van der Waals surface area contributed by atoms with Crippen molar-refractivity contribution >= 4 is 29.0 Å². The van der Waals surface area contributed by atoms with Gasteiger partial charge in [0.1, 0.15) is 31.4 Å². The fourth-order valence-corrected chi connectivity index (χ4v) is 4.29. The minimum absolute atomic E-state index is 0. The van der Waals surface area contributed by atoms with Crippen molar-refractivity contribution in [2.24, 2.45) is 7.05 Å². The molecule has 1 aliphatic heterocycles. The van der Waals surface area contributed by atoms with Gasteiger partial charge in [-0.05, 0) is 35.9 Å². The quantitative estimate of drug-likeness (QED) is 0.181. The number of nitrogens with zero attached hydrogens (tertiary/aromatic N) is 1. The number of carbonyl (C=O) groups is 1. The fourth-order valence-electron chi connectivity index (χ4n) is 4.29. The van der Waals surface area contributed by atoms with Crippen LogP contribution >= 0.6 is 0 Å². The van der Waals surface area contributed by atoms with Crippen molar-refractivity contribution in [2.45, 2.75) is 37.6 Å². The summed E-state index contributed by atoms with van der Waals surface area (Å²) in [6.07, 6.45) is -1.08. The van der Waals surface area contributed by atoms with Gasteiger partial charge in [0.05, 0.1) is 13.7 Å². The average Bonchev–Trinajstić information content (AvgIpc) is 2.88. The summed E-state index contributed by atoms with van der Waals surface area (Å²) in [4.78, 5) is 11.7. The van der Waals surface area contributed by atoms with E-state index in [2.05, 4.69) is 28.1 Å². The van der Waals surface area contributed by atoms with Crippen molar-refractivity contribution in [2.75, 3.05) is 13.7 Å². The first-order chi connectivity index (χ1) is 17.3. The van der Waals surface area contributed by atoms with Gasteiger partial charge < -0.3 is 58.8 Å². The molecule has 0 saturated carbocycles. The standard InChI is InChI=1S/C27H30N2O7.HI/c1-16(31)28-24-26(33)25(32)23(15-30)36-27(24)35-21-13-9-17(14-22(21)34-3)8-11-19-12-10-18-6-4-5-7-20(18)29(19)2;/h4-14,23-27,30,32-33H,15H2,1-3H3;1H/b11-8+;/t23-,24-,25-,26-,27-;/m1./s1. The van der Waals surface area contributed by atoms with Gasteiger partial charge in [0.25, 0.3) is 0 Å². The molecular formula is C27H31IN2O7. The Balaban J connectivity index is 0.00000380. The Morgan fingerprint density at radius 3 is 2.54 bits per heavy atom. The highest BCUT2D eigenvalue weighted by Crippen LogP contribution is 2.32. The number of benzene rings is 2. The van der Waals surface area contributed by atoms with Gasteiger partial charge in [-0.2, -0.15) is 4.57 Å². The molecule has 1 saturated heterocycles. The highest BCUT2D eigenvalue weighted by atomic mass is 127. The Labute approximate surface area is 232 Å². The summed E-state index contributed by atoms with van der Waals surface area (Å²) in [5, 5.41) is 33.9. The second-order valence-electron chi connectivity index (χ2n) is 8.67. The van der Waals surface area contributed by atoms with Crippen LogP contribution in [0.1, 0.15) is 18.2 Å². The monoisotopic (exact) mass is 622 g/mol. The first kappa shape index (κ1) is 28.8. The van der Waals surface area contributed by atoms with Crippen molar-refractivity contribution in [1.29, 1.82) is 0 Å². The van der Waals surface area contributed by atoms with Crippen LogP contribution in [0, 0.1) is 0 Å². The molecule has 1 amide bonds. The van der Waals surface area contributed by atoms with E-state index in [4.69, 9.17) is 14.2 Å². The van der Waals surface area contributed by atoms with Crippen LogP contribution in [0.25, 0.3) is 23.1 Å². The largest absolute Gasteiger partial charge is 1.00 e. The van der Waals surface area contributed by atoms with E-state index in [-0.39, 0.29) is 24.0 Å². The number of para-hydroxylation sites is 1. The summed E-state index contributed by atoms with van der Waals surface area (Å²) in [6.45, 7) is 0.753. The molecule has 5 atom stereocenters. The predicted molar refractivity (Wildman–Crippen MR) is 133 cm³/mol. The number of hydrogen-bond acceptors (Lipinski definition) is 7. The second-order valence-corrected chi connectivity index (χ2v) is 8.67. The second kappa shape index (κ2) is 12.7. The number of fused-ring (bicyclic) bond motifs is 1. The molecule has 1 fully saturated rings. The van der Waals surface area contributed by atoms with Gasteiger partial charge in [-0.1, -0.05) is 18.2 Å². The number of ether oxygens (including phenoxy) is 3. The van der Waals surface area contributed by atoms with Crippen LogP contribution in [0.2, 0.25) is 0 Å². The van der Waals surface area contributed by atoms with Gasteiger partial charge in [-0.15, -0.1) is 0 Å². The number of aromatic nitrogens is 1. The van der Waals surface area contributed by atoms with Gasteiger partial charge in [-0.3, -0.25) is 4.79 Å². The Bertz CT molecular complexity index is 1270. The van der Waals surface area contributed by atoms with Gasteiger partial charge in [0, 0.05) is 30.5 Å². The molecule has 10 heteroatoms. The SMILES string of the molecule is COc1cc(/C=C/c2ccc3ccccc3[n+]2C)ccc1O[C@@H]1O[C@H](CO)[C@@H](O)[C@H](O)[C@H]1NC(C)=O.[I-]. The minimum Gasteiger partial charge on any atom is -1.00 e. The van der Waals surface area contributed by atoms with Crippen LogP contribution in [-0.2, 0) is 16.6 Å². The zero-order valence-electron chi connectivity index (χ0n) is 20.7. The van der Waals surface area contributed by atoms with Gasteiger partial charge in [-0.25, -0.2) is 0 Å². The third-order valence-corrected chi connectivity index (χ3v) is 6.25. The molecule has 1 aromatic heterocycles. The van der Waals surface area contributed by atoms with E-state index in [1.165, 1.54) is 14.0 Å². The maximum atomic E-state index is 11.7. The smallest absolute Gasteiger partial charge is 0.223 e. The summed E-state index contributed by atoms with van der Waals surface area (Å²) in [6, 6.07) is 16.5. The molecule has 0 radical (unpaired) electrons. The van der Waals surface area contributed by atoms with Crippen molar-refractivity contribution in [3.8, 4) is 11.5 Å². The number of pyridine rings is 1. The van der Waals surface area contributed by atoms with E-state index in [0.29, 0.717) is 11.5 Å². The third kappa shape index (κ3) is 6.39. The minimum atomic E-state index is -1.40. The zero-order chi connectivity index (χ0) is 25.8. The van der Waals surface area contributed by atoms with E-state index in [9.17, 15) is 20.1 Å². The number of rotatable bonds is 7. The Morgan fingerprint density at radius 1 is 1.08 bits per heavy atom. The first-order valence-electron chi connectivity index (χ1n) is 11.6. The summed E-state index contributed by atoms with van der Waals surface area (Å²) in [5.74, 6) is 0.290. The molecule has 4 N–H and O–H groups in total. The molecule has 0 aliphatic carbocycles. The molecule has 198 valence electrons. The third-order valence-electron chi connectivity index (χ3n) is 6.25. The van der Waals surface area contributed by atoms with Crippen LogP contribution < -0.4 is 43.3 Å². The number of hydrogen-bond donors (Lipinski definition) is 4. The number of methoxy groups -OCH3 is 1. The van der Waals surface area contributed by atoms with Gasteiger partial charge in [0.2, 0.25) is 23.4 Å².